The summed E-state index contributed by atoms with van der Waals surface area (Å²) in [4.78, 5) is 0. The standard InChI is InChI=1S/C8H9BBrFO3/c1-2-14-6-4-3-5(9(12)13)8(11)7(6)10/h3-4,12-13H,2H2,1H3. The molecule has 0 unspecified atom stereocenters. The number of hydrogen-bond donors (Lipinski definition) is 2. The summed E-state index contributed by atoms with van der Waals surface area (Å²) in [7, 11) is -1.82. The van der Waals surface area contributed by atoms with E-state index in [1.54, 1.807) is 6.92 Å². The third-order valence-corrected chi connectivity index (χ3v) is 2.39. The molecule has 0 amide bonds. The second kappa shape index (κ2) is 4.77. The van der Waals surface area contributed by atoms with Crippen molar-refractivity contribution in [3.05, 3.63) is 22.4 Å². The van der Waals surface area contributed by atoms with Crippen LogP contribution in [-0.4, -0.2) is 23.8 Å². The number of rotatable bonds is 3. The Morgan fingerprint density at radius 1 is 1.50 bits per heavy atom. The molecule has 0 atom stereocenters. The monoisotopic (exact) mass is 262 g/mol. The van der Waals surface area contributed by atoms with Gasteiger partial charge < -0.3 is 14.8 Å². The Morgan fingerprint density at radius 3 is 2.64 bits per heavy atom. The van der Waals surface area contributed by atoms with Gasteiger partial charge in [-0.25, -0.2) is 4.39 Å². The molecule has 1 aromatic rings. The summed E-state index contributed by atoms with van der Waals surface area (Å²) in [6.45, 7) is 2.19. The Bertz CT molecular complexity index is 333. The van der Waals surface area contributed by atoms with Crippen molar-refractivity contribution in [3.8, 4) is 5.75 Å². The van der Waals surface area contributed by atoms with Gasteiger partial charge in [0.2, 0.25) is 0 Å². The molecular formula is C8H9BBrFO3. The molecule has 1 rings (SSSR count). The molecule has 14 heavy (non-hydrogen) atoms. The molecule has 0 bridgehead atoms. The molecule has 1 aromatic carbocycles. The lowest BCUT2D eigenvalue weighted by molar-refractivity contribution is 0.335. The number of benzene rings is 1. The second-order valence-corrected chi connectivity index (χ2v) is 3.38. The fourth-order valence-corrected chi connectivity index (χ4v) is 1.49. The van der Waals surface area contributed by atoms with Gasteiger partial charge in [0.1, 0.15) is 11.6 Å². The van der Waals surface area contributed by atoms with Crippen molar-refractivity contribution in [2.24, 2.45) is 0 Å². The van der Waals surface area contributed by atoms with Crippen LogP contribution < -0.4 is 10.2 Å². The summed E-state index contributed by atoms with van der Waals surface area (Å²) in [6, 6.07) is 2.75. The zero-order valence-corrected chi connectivity index (χ0v) is 9.08. The van der Waals surface area contributed by atoms with Gasteiger partial charge in [-0.3, -0.25) is 0 Å². The minimum absolute atomic E-state index is 0.102. The molecule has 0 fully saturated rings. The molecule has 3 nitrogen and oxygen atoms in total. The van der Waals surface area contributed by atoms with Crippen LogP contribution in [0.2, 0.25) is 0 Å². The van der Waals surface area contributed by atoms with Gasteiger partial charge in [0.05, 0.1) is 11.1 Å². The lowest BCUT2D eigenvalue weighted by Crippen LogP contribution is -2.33. The maximum atomic E-state index is 13.4. The van der Waals surface area contributed by atoms with Crippen LogP contribution in [-0.2, 0) is 0 Å². The third kappa shape index (κ3) is 2.26. The Labute approximate surface area is 89.8 Å². The summed E-state index contributed by atoms with van der Waals surface area (Å²) < 4.78 is 18.6. The summed E-state index contributed by atoms with van der Waals surface area (Å²) in [5, 5.41) is 17.6. The third-order valence-electron chi connectivity index (χ3n) is 1.65. The molecule has 2 N–H and O–H groups in total. The predicted molar refractivity (Wildman–Crippen MR) is 55.1 cm³/mol. The van der Waals surface area contributed by atoms with Crippen LogP contribution in [0.4, 0.5) is 4.39 Å². The van der Waals surface area contributed by atoms with Crippen LogP contribution in [0.25, 0.3) is 0 Å². The fraction of sp³-hybridized carbons (Fsp3) is 0.250. The molecule has 0 spiro atoms. The highest BCUT2D eigenvalue weighted by molar-refractivity contribution is 9.10. The highest BCUT2D eigenvalue weighted by Gasteiger charge is 2.20. The second-order valence-electron chi connectivity index (χ2n) is 2.59. The fourth-order valence-electron chi connectivity index (χ4n) is 1.01. The number of halogens is 2. The van der Waals surface area contributed by atoms with Gasteiger partial charge in [0.25, 0.3) is 0 Å². The van der Waals surface area contributed by atoms with E-state index in [1.165, 1.54) is 12.1 Å². The molecule has 0 aliphatic heterocycles. The van der Waals surface area contributed by atoms with Crippen LogP contribution in [0.3, 0.4) is 0 Å². The average Bonchev–Trinajstić information content (AvgIpc) is 2.13. The first-order valence-corrected chi connectivity index (χ1v) is 4.84. The smallest absolute Gasteiger partial charge is 0.491 e. The normalized spacial score (nSPS) is 10.1. The highest BCUT2D eigenvalue weighted by atomic mass is 79.9. The first kappa shape index (κ1) is 11.5. The van der Waals surface area contributed by atoms with Crippen molar-refractivity contribution in [1.29, 1.82) is 0 Å². The van der Waals surface area contributed by atoms with Gasteiger partial charge in [-0.2, -0.15) is 0 Å². The zero-order chi connectivity index (χ0) is 10.7. The predicted octanol–water partition coefficient (Wildman–Crippen LogP) is 0.667. The summed E-state index contributed by atoms with van der Waals surface area (Å²) >= 11 is 2.98. The quantitative estimate of drug-likeness (QED) is 0.788. The van der Waals surface area contributed by atoms with Crippen molar-refractivity contribution in [3.63, 3.8) is 0 Å². The van der Waals surface area contributed by atoms with Gasteiger partial charge in [0, 0.05) is 5.46 Å². The SMILES string of the molecule is CCOc1ccc(B(O)O)c(F)c1Br. The van der Waals surface area contributed by atoms with Crippen molar-refractivity contribution >= 4 is 28.5 Å². The molecule has 0 aromatic heterocycles. The molecular weight excluding hydrogens is 254 g/mol. The summed E-state index contributed by atoms with van der Waals surface area (Å²) in [5.74, 6) is -0.375. The number of hydrogen-bond acceptors (Lipinski definition) is 3. The maximum absolute atomic E-state index is 13.4. The van der Waals surface area contributed by atoms with E-state index in [4.69, 9.17) is 14.8 Å². The highest BCUT2D eigenvalue weighted by Crippen LogP contribution is 2.26. The summed E-state index contributed by atoms with van der Waals surface area (Å²) in [6.07, 6.45) is 0. The molecule has 76 valence electrons. The minimum atomic E-state index is -1.82. The van der Waals surface area contributed by atoms with E-state index in [9.17, 15) is 4.39 Å². The molecule has 0 radical (unpaired) electrons. The van der Waals surface area contributed by atoms with Gasteiger partial charge in [-0.05, 0) is 28.9 Å². The van der Waals surface area contributed by atoms with Crippen molar-refractivity contribution in [1.82, 2.24) is 0 Å². The van der Waals surface area contributed by atoms with Crippen molar-refractivity contribution < 1.29 is 19.2 Å². The van der Waals surface area contributed by atoms with E-state index in [2.05, 4.69) is 15.9 Å². The van der Waals surface area contributed by atoms with E-state index < -0.39 is 12.9 Å². The number of ether oxygens (including phenoxy) is 1. The van der Waals surface area contributed by atoms with Crippen LogP contribution in [0.5, 0.6) is 5.75 Å². The molecule has 0 aliphatic rings. The summed E-state index contributed by atoms with van der Waals surface area (Å²) in [5.41, 5.74) is -0.180. The first-order valence-electron chi connectivity index (χ1n) is 4.04. The maximum Gasteiger partial charge on any atom is 0.491 e. The van der Waals surface area contributed by atoms with Crippen LogP contribution in [0, 0.1) is 5.82 Å². The Hall–Kier alpha value is -0.585. The van der Waals surface area contributed by atoms with E-state index in [-0.39, 0.29) is 9.94 Å². The lowest BCUT2D eigenvalue weighted by Gasteiger charge is -2.09. The lowest BCUT2D eigenvalue weighted by atomic mass is 9.80. The Morgan fingerprint density at radius 2 is 2.14 bits per heavy atom. The van der Waals surface area contributed by atoms with E-state index in [0.717, 1.165) is 0 Å². The van der Waals surface area contributed by atoms with Gasteiger partial charge in [0.15, 0.2) is 0 Å². The largest absolute Gasteiger partial charge is 0.493 e. The van der Waals surface area contributed by atoms with Gasteiger partial charge in [-0.15, -0.1) is 0 Å². The minimum Gasteiger partial charge on any atom is -0.493 e. The molecule has 0 heterocycles. The zero-order valence-electron chi connectivity index (χ0n) is 7.50. The Balaban J connectivity index is 3.12. The molecule has 0 saturated heterocycles. The van der Waals surface area contributed by atoms with Crippen molar-refractivity contribution in [2.75, 3.05) is 6.61 Å². The van der Waals surface area contributed by atoms with E-state index >= 15 is 0 Å². The average molecular weight is 263 g/mol. The van der Waals surface area contributed by atoms with E-state index in [1.807, 2.05) is 0 Å². The first-order chi connectivity index (χ1) is 6.57. The molecule has 0 saturated carbocycles. The van der Waals surface area contributed by atoms with Crippen molar-refractivity contribution in [2.45, 2.75) is 6.92 Å². The van der Waals surface area contributed by atoms with Crippen LogP contribution >= 0.6 is 15.9 Å². The molecule has 0 aliphatic carbocycles. The van der Waals surface area contributed by atoms with Gasteiger partial charge in [-0.1, -0.05) is 6.07 Å². The molecule has 6 heteroatoms. The van der Waals surface area contributed by atoms with Gasteiger partial charge >= 0.3 is 7.12 Å². The Kier molecular flexibility index (Phi) is 3.91. The topological polar surface area (TPSA) is 49.7 Å². The van der Waals surface area contributed by atoms with Crippen LogP contribution in [0.1, 0.15) is 6.92 Å². The van der Waals surface area contributed by atoms with Crippen LogP contribution in [0.15, 0.2) is 16.6 Å². The van der Waals surface area contributed by atoms with E-state index in [0.29, 0.717) is 12.4 Å².